The molecule has 1 heterocycles. The van der Waals surface area contributed by atoms with E-state index in [1.54, 1.807) is 24.3 Å². The van der Waals surface area contributed by atoms with Crippen LogP contribution in [0.15, 0.2) is 24.3 Å². The van der Waals surface area contributed by atoms with Gasteiger partial charge in [-0.2, -0.15) is 0 Å². The fraction of sp³-hybridized carbons (Fsp3) is 0.417. The molecule has 0 bridgehead atoms. The highest BCUT2D eigenvalue weighted by Crippen LogP contribution is 2.15. The van der Waals surface area contributed by atoms with Crippen LogP contribution in [-0.4, -0.2) is 33.2 Å². The molecule has 104 valence electrons. The van der Waals surface area contributed by atoms with Crippen LogP contribution in [0.1, 0.15) is 12.8 Å². The van der Waals surface area contributed by atoms with Crippen molar-refractivity contribution in [3.63, 3.8) is 0 Å². The molecule has 1 aliphatic heterocycles. The molecule has 7 heteroatoms. The van der Waals surface area contributed by atoms with Gasteiger partial charge >= 0.3 is 0 Å². The van der Waals surface area contributed by atoms with Crippen molar-refractivity contribution in [1.29, 1.82) is 0 Å². The molecule has 3 N–H and O–H groups in total. The van der Waals surface area contributed by atoms with Crippen LogP contribution in [0.3, 0.4) is 0 Å². The molecule has 1 saturated heterocycles. The Bertz CT molecular complexity index is 548. The Morgan fingerprint density at radius 1 is 1.26 bits per heavy atom. The van der Waals surface area contributed by atoms with Gasteiger partial charge in [-0.25, -0.2) is 8.42 Å². The average molecular weight is 283 g/mol. The molecular formula is C12H17N3O3S. The van der Waals surface area contributed by atoms with E-state index in [0.29, 0.717) is 11.4 Å². The number of hydrogen-bond donors (Lipinski definition) is 3. The summed E-state index contributed by atoms with van der Waals surface area (Å²) in [7, 11) is -3.27. The summed E-state index contributed by atoms with van der Waals surface area (Å²) in [6.07, 6.45) is 2.95. The molecule has 0 unspecified atom stereocenters. The molecule has 6 nitrogen and oxygen atoms in total. The third kappa shape index (κ3) is 4.22. The minimum absolute atomic E-state index is 0.0543. The van der Waals surface area contributed by atoms with Crippen LogP contribution >= 0.6 is 0 Å². The van der Waals surface area contributed by atoms with Crippen molar-refractivity contribution in [3.05, 3.63) is 24.3 Å². The summed E-state index contributed by atoms with van der Waals surface area (Å²) in [5.74, 6) is -0.0543. The van der Waals surface area contributed by atoms with E-state index < -0.39 is 10.0 Å². The smallest absolute Gasteiger partial charge is 0.241 e. The highest BCUT2D eigenvalue weighted by Gasteiger charge is 2.21. The van der Waals surface area contributed by atoms with E-state index in [2.05, 4.69) is 15.4 Å². The molecule has 0 aliphatic carbocycles. The second kappa shape index (κ2) is 5.58. The summed E-state index contributed by atoms with van der Waals surface area (Å²) in [6, 6.07) is 6.42. The van der Waals surface area contributed by atoms with Crippen molar-refractivity contribution in [2.45, 2.75) is 18.9 Å². The number of carbonyl (C=O) groups is 1. The summed E-state index contributed by atoms with van der Waals surface area (Å²) in [6.45, 7) is 0.870. The Hall–Kier alpha value is -1.60. The van der Waals surface area contributed by atoms with Gasteiger partial charge in [-0.05, 0) is 43.7 Å². The van der Waals surface area contributed by atoms with Crippen molar-refractivity contribution in [3.8, 4) is 0 Å². The van der Waals surface area contributed by atoms with Crippen molar-refractivity contribution in [2.75, 3.05) is 22.8 Å². The maximum atomic E-state index is 11.8. The fourth-order valence-corrected chi connectivity index (χ4v) is 2.54. The topological polar surface area (TPSA) is 87.3 Å². The number of anilines is 2. The Morgan fingerprint density at radius 3 is 2.42 bits per heavy atom. The molecule has 2 rings (SSSR count). The predicted molar refractivity (Wildman–Crippen MR) is 74.6 cm³/mol. The number of rotatable bonds is 4. The van der Waals surface area contributed by atoms with E-state index in [1.807, 2.05) is 0 Å². The lowest BCUT2D eigenvalue weighted by Crippen LogP contribution is -2.35. The molecular weight excluding hydrogens is 266 g/mol. The second-order valence-corrected chi connectivity index (χ2v) is 6.34. The van der Waals surface area contributed by atoms with Gasteiger partial charge in [-0.3, -0.25) is 9.52 Å². The SMILES string of the molecule is CS(=O)(=O)Nc1ccc(NC(=O)[C@H]2CCCN2)cc1. The van der Waals surface area contributed by atoms with Gasteiger partial charge < -0.3 is 10.6 Å². The Labute approximate surface area is 112 Å². The number of hydrogen-bond acceptors (Lipinski definition) is 4. The van der Waals surface area contributed by atoms with Gasteiger partial charge in [0.05, 0.1) is 12.3 Å². The predicted octanol–water partition coefficient (Wildman–Crippen LogP) is 0.749. The molecule has 1 atom stereocenters. The minimum Gasteiger partial charge on any atom is -0.325 e. The van der Waals surface area contributed by atoms with Crippen molar-refractivity contribution in [2.24, 2.45) is 0 Å². The van der Waals surface area contributed by atoms with Crippen LogP contribution in [0.25, 0.3) is 0 Å². The maximum Gasteiger partial charge on any atom is 0.241 e. The van der Waals surface area contributed by atoms with Gasteiger partial charge in [-0.15, -0.1) is 0 Å². The average Bonchev–Trinajstić information content (AvgIpc) is 2.83. The minimum atomic E-state index is -3.27. The zero-order valence-electron chi connectivity index (χ0n) is 10.6. The van der Waals surface area contributed by atoms with Gasteiger partial charge in [0, 0.05) is 11.4 Å². The van der Waals surface area contributed by atoms with E-state index >= 15 is 0 Å². The van der Waals surface area contributed by atoms with Crippen LogP contribution in [0.2, 0.25) is 0 Å². The van der Waals surface area contributed by atoms with Crippen LogP contribution < -0.4 is 15.4 Å². The van der Waals surface area contributed by atoms with Crippen LogP contribution in [0.5, 0.6) is 0 Å². The highest BCUT2D eigenvalue weighted by atomic mass is 32.2. The first-order chi connectivity index (χ1) is 8.94. The summed E-state index contributed by atoms with van der Waals surface area (Å²) in [5.41, 5.74) is 1.12. The maximum absolute atomic E-state index is 11.8. The number of carbonyl (C=O) groups excluding carboxylic acids is 1. The lowest BCUT2D eigenvalue weighted by Gasteiger charge is -2.11. The number of amides is 1. The van der Waals surface area contributed by atoms with Crippen molar-refractivity contribution < 1.29 is 13.2 Å². The normalized spacial score (nSPS) is 19.1. The molecule has 19 heavy (non-hydrogen) atoms. The fourth-order valence-electron chi connectivity index (χ4n) is 1.97. The zero-order chi connectivity index (χ0) is 13.9. The van der Waals surface area contributed by atoms with Crippen LogP contribution in [0, 0.1) is 0 Å². The number of benzene rings is 1. The standard InChI is InChI=1S/C12H17N3O3S/c1-19(17,18)15-10-6-4-9(5-7-10)14-12(16)11-3-2-8-13-11/h4-7,11,13,15H,2-3,8H2,1H3,(H,14,16)/t11-/m1/s1. The van der Waals surface area contributed by atoms with Gasteiger partial charge in [-0.1, -0.05) is 0 Å². The molecule has 1 aliphatic rings. The summed E-state index contributed by atoms with van der Waals surface area (Å²) < 4.78 is 24.5. The quantitative estimate of drug-likeness (QED) is 0.761. The lowest BCUT2D eigenvalue weighted by atomic mass is 10.2. The Balaban J connectivity index is 1.96. The van der Waals surface area contributed by atoms with Gasteiger partial charge in [0.1, 0.15) is 0 Å². The van der Waals surface area contributed by atoms with E-state index in [1.165, 1.54) is 0 Å². The summed E-state index contributed by atoms with van der Waals surface area (Å²) in [5, 5.41) is 5.91. The van der Waals surface area contributed by atoms with E-state index in [4.69, 9.17) is 0 Å². The molecule has 0 aromatic heterocycles. The van der Waals surface area contributed by atoms with Crippen LogP contribution in [-0.2, 0) is 14.8 Å². The molecule has 1 aromatic rings. The van der Waals surface area contributed by atoms with E-state index in [9.17, 15) is 13.2 Å². The number of sulfonamides is 1. The lowest BCUT2D eigenvalue weighted by molar-refractivity contribution is -0.117. The Morgan fingerprint density at radius 2 is 1.89 bits per heavy atom. The summed E-state index contributed by atoms with van der Waals surface area (Å²) >= 11 is 0. The zero-order valence-corrected chi connectivity index (χ0v) is 11.5. The number of nitrogens with one attached hydrogen (secondary N) is 3. The molecule has 0 saturated carbocycles. The summed E-state index contributed by atoms with van der Waals surface area (Å²) in [4.78, 5) is 11.8. The second-order valence-electron chi connectivity index (χ2n) is 4.59. The molecule has 1 aromatic carbocycles. The van der Waals surface area contributed by atoms with Crippen molar-refractivity contribution >= 4 is 27.3 Å². The Kier molecular flexibility index (Phi) is 4.06. The molecule has 1 amide bonds. The van der Waals surface area contributed by atoms with Gasteiger partial charge in [0.25, 0.3) is 0 Å². The third-order valence-corrected chi connectivity index (χ3v) is 3.44. The van der Waals surface area contributed by atoms with Gasteiger partial charge in [0.2, 0.25) is 15.9 Å². The monoisotopic (exact) mass is 283 g/mol. The molecule has 1 fully saturated rings. The van der Waals surface area contributed by atoms with Crippen molar-refractivity contribution in [1.82, 2.24) is 5.32 Å². The highest BCUT2D eigenvalue weighted by molar-refractivity contribution is 7.92. The first-order valence-electron chi connectivity index (χ1n) is 6.06. The first-order valence-corrected chi connectivity index (χ1v) is 7.95. The molecule has 0 radical (unpaired) electrons. The van der Waals surface area contributed by atoms with Crippen LogP contribution in [0.4, 0.5) is 11.4 Å². The third-order valence-electron chi connectivity index (χ3n) is 2.83. The van der Waals surface area contributed by atoms with E-state index in [0.717, 1.165) is 25.6 Å². The first kappa shape index (κ1) is 13.8. The van der Waals surface area contributed by atoms with Gasteiger partial charge in [0.15, 0.2) is 0 Å². The molecule has 0 spiro atoms. The van der Waals surface area contributed by atoms with E-state index in [-0.39, 0.29) is 11.9 Å². The largest absolute Gasteiger partial charge is 0.325 e.